The predicted octanol–water partition coefficient (Wildman–Crippen LogP) is 1.10. The van der Waals surface area contributed by atoms with Gasteiger partial charge in [-0.2, -0.15) is 0 Å². The van der Waals surface area contributed by atoms with E-state index in [4.69, 9.17) is 20.6 Å². The van der Waals surface area contributed by atoms with Crippen LogP contribution in [0.5, 0.6) is 0 Å². The molecule has 0 aromatic heterocycles. The van der Waals surface area contributed by atoms with Gasteiger partial charge in [0.25, 0.3) is 11.6 Å². The normalized spacial score (nSPS) is 18.7. The SMILES string of the molecule is NC1(c2ccc(NC(=O)C(=[NH2+])c3ccccc3NCc3ccc(C(=O)N4CCOCC4)cc3)cc2)CO1. The summed E-state index contributed by atoms with van der Waals surface area (Å²) in [6.45, 7) is 3.35. The maximum Gasteiger partial charge on any atom is 0.320 e. The number of carbonyl (C=O) groups is 2. The number of nitrogens with two attached hydrogens (primary N) is 2. The zero-order valence-corrected chi connectivity index (χ0v) is 20.4. The lowest BCUT2D eigenvalue weighted by Gasteiger charge is -2.26. The fourth-order valence-electron chi connectivity index (χ4n) is 4.18. The number of rotatable bonds is 8. The molecule has 2 saturated heterocycles. The number of anilines is 2. The highest BCUT2D eigenvalue weighted by Crippen LogP contribution is 2.33. The van der Waals surface area contributed by atoms with Crippen LogP contribution in [0.4, 0.5) is 11.4 Å². The number of epoxide rings is 1. The summed E-state index contributed by atoms with van der Waals surface area (Å²) in [6, 6.07) is 22.1. The maximum atomic E-state index is 12.9. The summed E-state index contributed by atoms with van der Waals surface area (Å²) in [6.07, 6.45) is 0. The number of nitrogens with zero attached hydrogens (tertiary/aromatic N) is 1. The Morgan fingerprint density at radius 3 is 2.32 bits per heavy atom. The van der Waals surface area contributed by atoms with Crippen LogP contribution in [0, 0.1) is 0 Å². The first-order valence-electron chi connectivity index (χ1n) is 12.2. The molecular formula is C28H30N5O4+. The fraction of sp³-hybridized carbons (Fsp3) is 0.250. The van der Waals surface area contributed by atoms with Crippen LogP contribution >= 0.6 is 0 Å². The van der Waals surface area contributed by atoms with Gasteiger partial charge in [-0.3, -0.25) is 15.3 Å². The maximum absolute atomic E-state index is 12.9. The minimum atomic E-state index is -0.711. The van der Waals surface area contributed by atoms with Crippen molar-refractivity contribution in [3.8, 4) is 0 Å². The molecule has 1 unspecified atom stereocenters. The lowest BCUT2D eigenvalue weighted by Crippen LogP contribution is -2.48. The fourth-order valence-corrected chi connectivity index (χ4v) is 4.18. The van der Waals surface area contributed by atoms with Crippen LogP contribution in [0.15, 0.2) is 72.8 Å². The number of nitrogens with one attached hydrogen (secondary N) is 2. The molecule has 0 spiro atoms. The zero-order chi connectivity index (χ0) is 25.8. The van der Waals surface area contributed by atoms with Crippen LogP contribution < -0.4 is 21.8 Å². The summed E-state index contributed by atoms with van der Waals surface area (Å²) in [4.78, 5) is 27.3. The quantitative estimate of drug-likeness (QED) is 0.270. The third kappa shape index (κ3) is 5.69. The highest BCUT2D eigenvalue weighted by atomic mass is 16.6. The third-order valence-electron chi connectivity index (χ3n) is 6.53. The first-order valence-corrected chi connectivity index (χ1v) is 12.2. The van der Waals surface area contributed by atoms with Crippen molar-refractivity contribution in [2.24, 2.45) is 5.73 Å². The Morgan fingerprint density at radius 1 is 0.973 bits per heavy atom. The molecular weight excluding hydrogens is 470 g/mol. The average molecular weight is 501 g/mol. The summed E-state index contributed by atoms with van der Waals surface area (Å²) < 4.78 is 10.6. The smallest absolute Gasteiger partial charge is 0.320 e. The molecule has 2 heterocycles. The topological polar surface area (TPSA) is 135 Å². The van der Waals surface area contributed by atoms with E-state index in [0.29, 0.717) is 56.3 Å². The Kier molecular flexibility index (Phi) is 7.00. The predicted molar refractivity (Wildman–Crippen MR) is 140 cm³/mol. The van der Waals surface area contributed by atoms with Gasteiger partial charge in [-0.15, -0.1) is 0 Å². The number of hydrogen-bond donors (Lipinski definition) is 4. The first kappa shape index (κ1) is 24.6. The highest BCUT2D eigenvalue weighted by Gasteiger charge is 2.42. The van der Waals surface area contributed by atoms with Crippen molar-refractivity contribution in [3.05, 3.63) is 95.1 Å². The highest BCUT2D eigenvalue weighted by molar-refractivity contribution is 6.47. The molecule has 9 heteroatoms. The van der Waals surface area contributed by atoms with Crippen LogP contribution in [-0.2, 0) is 26.5 Å². The van der Waals surface area contributed by atoms with Crippen LogP contribution in [-0.4, -0.2) is 55.3 Å². The molecule has 0 saturated carbocycles. The standard InChI is InChI=1S/C28H29N5O4/c29-25(26(34)32-22-11-9-21(10-12-22)28(30)18-37-28)23-3-1-2-4-24(23)31-17-19-5-7-20(8-6-19)27(35)33-13-15-36-16-14-33/h1-12,29,31H,13-18,30H2,(H,32,34)/p+1. The molecule has 37 heavy (non-hydrogen) atoms. The van der Waals surface area contributed by atoms with E-state index in [9.17, 15) is 9.59 Å². The van der Waals surface area contributed by atoms with E-state index in [1.165, 1.54) is 0 Å². The second-order valence-electron chi connectivity index (χ2n) is 9.12. The molecule has 0 radical (unpaired) electrons. The second-order valence-corrected chi connectivity index (χ2v) is 9.12. The Hall–Kier alpha value is -4.05. The van der Waals surface area contributed by atoms with Gasteiger partial charge in [-0.1, -0.05) is 36.4 Å². The van der Waals surface area contributed by atoms with Gasteiger partial charge in [-0.05, 0) is 42.0 Å². The lowest BCUT2D eigenvalue weighted by atomic mass is 10.1. The van der Waals surface area contributed by atoms with Crippen LogP contribution in [0.1, 0.15) is 27.0 Å². The van der Waals surface area contributed by atoms with Crippen molar-refractivity contribution in [1.82, 2.24) is 4.90 Å². The number of ether oxygens (including phenoxy) is 2. The van der Waals surface area contributed by atoms with Gasteiger partial charge in [0.1, 0.15) is 0 Å². The number of benzene rings is 3. The summed E-state index contributed by atoms with van der Waals surface area (Å²) in [5.74, 6) is -0.391. The van der Waals surface area contributed by atoms with Gasteiger partial charge in [0.2, 0.25) is 0 Å². The minimum Gasteiger partial charge on any atom is -0.380 e. The average Bonchev–Trinajstić information content (AvgIpc) is 3.70. The van der Waals surface area contributed by atoms with E-state index < -0.39 is 11.6 Å². The second kappa shape index (κ2) is 10.5. The van der Waals surface area contributed by atoms with Gasteiger partial charge >= 0.3 is 5.91 Å². The minimum absolute atomic E-state index is 0.0135. The van der Waals surface area contributed by atoms with Crippen LogP contribution in [0.3, 0.4) is 0 Å². The molecule has 2 aliphatic rings. The Bertz CT molecular complexity index is 1300. The Balaban J connectivity index is 1.20. The van der Waals surface area contributed by atoms with Crippen molar-refractivity contribution in [2.45, 2.75) is 12.3 Å². The van der Waals surface area contributed by atoms with Gasteiger partial charge in [-0.25, -0.2) is 5.41 Å². The Labute approximate surface area is 215 Å². The largest absolute Gasteiger partial charge is 0.380 e. The van der Waals surface area contributed by atoms with Crippen molar-refractivity contribution in [2.75, 3.05) is 43.5 Å². The molecule has 6 N–H and O–H groups in total. The monoisotopic (exact) mass is 500 g/mol. The number of carbonyl (C=O) groups excluding carboxylic acids is 2. The number of hydrogen-bond acceptors (Lipinski definition) is 6. The van der Waals surface area contributed by atoms with Crippen LogP contribution in [0.25, 0.3) is 0 Å². The number of morpholine rings is 1. The lowest BCUT2D eigenvalue weighted by molar-refractivity contribution is -0.132. The number of amides is 2. The van der Waals surface area contributed by atoms with Crippen molar-refractivity contribution < 1.29 is 24.5 Å². The molecule has 2 amide bonds. The zero-order valence-electron chi connectivity index (χ0n) is 20.4. The molecule has 190 valence electrons. The van der Waals surface area contributed by atoms with Gasteiger partial charge in [0, 0.05) is 42.1 Å². The first-order chi connectivity index (χ1) is 17.9. The molecule has 3 aromatic carbocycles. The van der Waals surface area contributed by atoms with Crippen molar-refractivity contribution in [3.63, 3.8) is 0 Å². The Morgan fingerprint density at radius 2 is 1.65 bits per heavy atom. The van der Waals surface area contributed by atoms with E-state index in [1.54, 1.807) is 23.1 Å². The summed E-state index contributed by atoms with van der Waals surface area (Å²) in [7, 11) is 0. The summed E-state index contributed by atoms with van der Waals surface area (Å²) in [5.41, 5.74) is 9.85. The molecule has 3 aromatic rings. The summed E-state index contributed by atoms with van der Waals surface area (Å²) >= 11 is 0. The van der Waals surface area contributed by atoms with E-state index in [0.717, 1.165) is 16.8 Å². The third-order valence-corrected chi connectivity index (χ3v) is 6.53. The molecule has 0 bridgehead atoms. The molecule has 2 aliphatic heterocycles. The summed E-state index contributed by atoms with van der Waals surface area (Å²) in [5, 5.41) is 12.4. The molecule has 5 rings (SSSR count). The van der Waals surface area contributed by atoms with Gasteiger partial charge < -0.3 is 25.0 Å². The molecule has 0 aliphatic carbocycles. The van der Waals surface area contributed by atoms with Crippen LogP contribution in [0.2, 0.25) is 0 Å². The van der Waals surface area contributed by atoms with Crippen molar-refractivity contribution in [1.29, 1.82) is 0 Å². The van der Waals surface area contributed by atoms with Gasteiger partial charge in [0.15, 0.2) is 5.72 Å². The molecule has 9 nitrogen and oxygen atoms in total. The van der Waals surface area contributed by atoms with Gasteiger partial charge in [0.05, 0.1) is 25.4 Å². The van der Waals surface area contributed by atoms with E-state index in [1.807, 2.05) is 54.6 Å². The molecule has 1 atom stereocenters. The van der Waals surface area contributed by atoms with E-state index in [2.05, 4.69) is 10.6 Å². The van der Waals surface area contributed by atoms with E-state index in [-0.39, 0.29) is 11.6 Å². The number of para-hydroxylation sites is 1. The van der Waals surface area contributed by atoms with E-state index >= 15 is 0 Å². The molecule has 2 fully saturated rings. The van der Waals surface area contributed by atoms with Crippen molar-refractivity contribution >= 4 is 28.9 Å².